The summed E-state index contributed by atoms with van der Waals surface area (Å²) in [6, 6.07) is 7.98. The van der Waals surface area contributed by atoms with E-state index in [1.807, 2.05) is 19.0 Å². The largest absolute Gasteiger partial charge is 0.361 e. The Morgan fingerprint density at radius 2 is 1.94 bits per heavy atom. The number of piperazine rings is 1. The molecule has 0 spiro atoms. The van der Waals surface area contributed by atoms with E-state index in [9.17, 15) is 9.18 Å². The van der Waals surface area contributed by atoms with Gasteiger partial charge in [-0.3, -0.25) is 15.6 Å². The normalized spacial score (nSPS) is 16.6. The quantitative estimate of drug-likeness (QED) is 0.428. The van der Waals surface area contributed by atoms with Crippen molar-refractivity contribution < 1.29 is 9.18 Å². The van der Waals surface area contributed by atoms with E-state index in [4.69, 9.17) is 11.6 Å². The molecule has 0 aliphatic carbocycles. The standard InChI is InChI=1S/C25H32ClFN8O/c1-33(2)25-22(16-21(31-32-25)19-14-17(26)4-5-20(19)27)29-18-6-8-28-23(15-18)30-24(36)7-9-35-12-10-34(3)11-13-35/h4-6,8,14-16,31-32H,7,9-13H2,1-3H3,(H2,28,29,30,36). The lowest BCUT2D eigenvalue weighted by atomic mass is 10.1. The SMILES string of the molecule is CN1CCN(CCC(=O)Nc2cc(NC3=C(N(C)C)NNC(c4cc(Cl)ccc4F)=C3)ccn2)CC1. The molecule has 3 heterocycles. The van der Waals surface area contributed by atoms with Gasteiger partial charge < -0.3 is 25.3 Å². The lowest BCUT2D eigenvalue weighted by Crippen LogP contribution is -2.45. The molecule has 1 aromatic heterocycles. The predicted molar refractivity (Wildman–Crippen MR) is 141 cm³/mol. The van der Waals surface area contributed by atoms with Crippen molar-refractivity contribution in [2.24, 2.45) is 0 Å². The predicted octanol–water partition coefficient (Wildman–Crippen LogP) is 2.74. The molecule has 0 radical (unpaired) electrons. The minimum absolute atomic E-state index is 0.0751. The molecule has 36 heavy (non-hydrogen) atoms. The van der Waals surface area contributed by atoms with Gasteiger partial charge in [0.1, 0.15) is 17.5 Å². The number of pyridine rings is 1. The smallest absolute Gasteiger partial charge is 0.226 e. The molecule has 1 amide bonds. The summed E-state index contributed by atoms with van der Waals surface area (Å²) >= 11 is 6.09. The first-order valence-corrected chi connectivity index (χ1v) is 12.2. The monoisotopic (exact) mass is 514 g/mol. The van der Waals surface area contributed by atoms with Crippen molar-refractivity contribution in [1.29, 1.82) is 0 Å². The van der Waals surface area contributed by atoms with Crippen LogP contribution in [0.5, 0.6) is 0 Å². The van der Waals surface area contributed by atoms with Crippen molar-refractivity contribution in [1.82, 2.24) is 30.5 Å². The van der Waals surface area contributed by atoms with Gasteiger partial charge in [0.15, 0.2) is 0 Å². The Balaban J connectivity index is 1.45. The number of allylic oxidation sites excluding steroid dienone is 1. The van der Waals surface area contributed by atoms with Gasteiger partial charge in [0.25, 0.3) is 0 Å². The minimum atomic E-state index is -0.391. The Labute approximate surface area is 216 Å². The Hall–Kier alpha value is -3.34. The number of carbonyl (C=O) groups is 1. The van der Waals surface area contributed by atoms with E-state index in [1.54, 1.807) is 30.5 Å². The number of likely N-dealkylation sites (N-methyl/N-ethyl adjacent to an activating group) is 1. The van der Waals surface area contributed by atoms with Gasteiger partial charge in [0.05, 0.1) is 11.4 Å². The summed E-state index contributed by atoms with van der Waals surface area (Å²) in [6.45, 7) is 4.71. The summed E-state index contributed by atoms with van der Waals surface area (Å²) in [5.74, 6) is 0.741. The van der Waals surface area contributed by atoms with Gasteiger partial charge in [-0.05, 0) is 37.4 Å². The lowest BCUT2D eigenvalue weighted by Gasteiger charge is -2.32. The molecule has 11 heteroatoms. The fourth-order valence-electron chi connectivity index (χ4n) is 4.01. The Morgan fingerprint density at radius 3 is 2.69 bits per heavy atom. The van der Waals surface area contributed by atoms with Crippen molar-refractivity contribution in [2.75, 3.05) is 64.5 Å². The van der Waals surface area contributed by atoms with Crippen LogP contribution < -0.4 is 21.5 Å². The Morgan fingerprint density at radius 1 is 1.17 bits per heavy atom. The molecule has 0 saturated carbocycles. The molecule has 1 aromatic carbocycles. The zero-order chi connectivity index (χ0) is 25.7. The molecule has 9 nitrogen and oxygen atoms in total. The third-order valence-corrected chi connectivity index (χ3v) is 6.32. The van der Waals surface area contributed by atoms with E-state index < -0.39 is 5.82 Å². The first kappa shape index (κ1) is 25.7. The van der Waals surface area contributed by atoms with Gasteiger partial charge in [-0.15, -0.1) is 0 Å². The maximum absolute atomic E-state index is 14.5. The second kappa shape index (κ2) is 11.6. The van der Waals surface area contributed by atoms with Crippen molar-refractivity contribution in [2.45, 2.75) is 6.42 Å². The Bertz CT molecular complexity index is 1160. The second-order valence-corrected chi connectivity index (χ2v) is 9.52. The molecular weight excluding hydrogens is 483 g/mol. The molecule has 2 aromatic rings. The molecular formula is C25H32ClFN8O. The van der Waals surface area contributed by atoms with Gasteiger partial charge in [0, 0.05) is 81.8 Å². The number of hydrogen-bond donors (Lipinski definition) is 4. The van der Waals surface area contributed by atoms with E-state index in [1.165, 1.54) is 12.1 Å². The number of nitrogens with one attached hydrogen (secondary N) is 4. The van der Waals surface area contributed by atoms with E-state index in [2.05, 4.69) is 43.3 Å². The number of anilines is 2. The number of halogens is 2. The molecule has 0 unspecified atom stereocenters. The number of amides is 1. The van der Waals surface area contributed by atoms with Gasteiger partial charge in [-0.2, -0.15) is 0 Å². The molecule has 1 saturated heterocycles. The number of rotatable bonds is 8. The van der Waals surface area contributed by atoms with Crippen LogP contribution in [-0.2, 0) is 4.79 Å². The maximum atomic E-state index is 14.5. The van der Waals surface area contributed by atoms with Crippen LogP contribution in [-0.4, -0.2) is 79.5 Å². The lowest BCUT2D eigenvalue weighted by molar-refractivity contribution is -0.116. The molecule has 4 N–H and O–H groups in total. The molecule has 1 fully saturated rings. The maximum Gasteiger partial charge on any atom is 0.226 e. The van der Waals surface area contributed by atoms with Gasteiger partial charge in [0.2, 0.25) is 5.91 Å². The number of hydrazine groups is 1. The van der Waals surface area contributed by atoms with Crippen molar-refractivity contribution in [3.05, 3.63) is 70.5 Å². The van der Waals surface area contributed by atoms with Crippen LogP contribution in [0.1, 0.15) is 12.0 Å². The van der Waals surface area contributed by atoms with Gasteiger partial charge in [-0.25, -0.2) is 9.37 Å². The first-order valence-electron chi connectivity index (χ1n) is 11.8. The highest BCUT2D eigenvalue weighted by Gasteiger charge is 2.19. The Kier molecular flexibility index (Phi) is 8.29. The highest BCUT2D eigenvalue weighted by molar-refractivity contribution is 6.30. The van der Waals surface area contributed by atoms with Gasteiger partial charge in [-0.1, -0.05) is 11.6 Å². The topological polar surface area (TPSA) is 87.8 Å². The fourth-order valence-corrected chi connectivity index (χ4v) is 4.18. The van der Waals surface area contributed by atoms with E-state index in [0.717, 1.165) is 44.2 Å². The summed E-state index contributed by atoms with van der Waals surface area (Å²) in [7, 11) is 5.90. The average molecular weight is 515 g/mol. The van der Waals surface area contributed by atoms with Gasteiger partial charge >= 0.3 is 0 Å². The molecule has 2 aliphatic rings. The van der Waals surface area contributed by atoms with Crippen LogP contribution >= 0.6 is 11.6 Å². The van der Waals surface area contributed by atoms with Crippen molar-refractivity contribution >= 4 is 34.7 Å². The third kappa shape index (κ3) is 6.66. The number of benzene rings is 1. The van der Waals surface area contributed by atoms with Crippen LogP contribution in [0.3, 0.4) is 0 Å². The molecule has 192 valence electrons. The summed E-state index contributed by atoms with van der Waals surface area (Å²) in [4.78, 5) is 23.3. The summed E-state index contributed by atoms with van der Waals surface area (Å²) in [5.41, 5.74) is 8.42. The fraction of sp³-hybridized carbons (Fsp3) is 0.360. The first-order chi connectivity index (χ1) is 17.3. The van der Waals surface area contributed by atoms with E-state index >= 15 is 0 Å². The number of carbonyl (C=O) groups excluding carboxylic acids is 1. The highest BCUT2D eigenvalue weighted by Crippen LogP contribution is 2.26. The molecule has 2 aliphatic heterocycles. The molecule has 4 rings (SSSR count). The zero-order valence-corrected chi connectivity index (χ0v) is 21.5. The molecule has 0 bridgehead atoms. The summed E-state index contributed by atoms with van der Waals surface area (Å²) < 4.78 is 14.5. The zero-order valence-electron chi connectivity index (χ0n) is 20.7. The van der Waals surface area contributed by atoms with Crippen LogP contribution in [0.4, 0.5) is 15.9 Å². The number of nitrogens with zero attached hydrogens (tertiary/aromatic N) is 4. The second-order valence-electron chi connectivity index (χ2n) is 9.09. The van der Waals surface area contributed by atoms with E-state index in [-0.39, 0.29) is 5.91 Å². The van der Waals surface area contributed by atoms with E-state index in [0.29, 0.717) is 34.2 Å². The summed E-state index contributed by atoms with van der Waals surface area (Å²) in [6.07, 6.45) is 3.84. The van der Waals surface area contributed by atoms with Crippen molar-refractivity contribution in [3.63, 3.8) is 0 Å². The average Bonchev–Trinajstić information content (AvgIpc) is 2.85. The van der Waals surface area contributed by atoms with Crippen molar-refractivity contribution in [3.8, 4) is 0 Å². The highest BCUT2D eigenvalue weighted by atomic mass is 35.5. The molecule has 0 atom stereocenters. The number of hydrogen-bond acceptors (Lipinski definition) is 8. The van der Waals surface area contributed by atoms with Crippen LogP contribution in [0.25, 0.3) is 5.70 Å². The van der Waals surface area contributed by atoms with Crippen LogP contribution in [0, 0.1) is 5.82 Å². The minimum Gasteiger partial charge on any atom is -0.361 e. The van der Waals surface area contributed by atoms with Crippen LogP contribution in [0.15, 0.2) is 54.1 Å². The third-order valence-electron chi connectivity index (χ3n) is 6.08. The summed E-state index contributed by atoms with van der Waals surface area (Å²) in [5, 5.41) is 6.67. The van der Waals surface area contributed by atoms with Crippen LogP contribution in [0.2, 0.25) is 5.02 Å². The number of aromatic nitrogens is 1.